The Balaban J connectivity index is 1.84. The second-order valence-corrected chi connectivity index (χ2v) is 4.93. The highest BCUT2D eigenvalue weighted by atomic mass is 15.2. The molecule has 1 saturated heterocycles. The summed E-state index contributed by atoms with van der Waals surface area (Å²) in [6.07, 6.45) is 5.53. The molecule has 0 atom stereocenters. The molecule has 0 aliphatic carbocycles. The summed E-state index contributed by atoms with van der Waals surface area (Å²) < 4.78 is 0. The van der Waals surface area contributed by atoms with E-state index in [9.17, 15) is 0 Å². The Kier molecular flexibility index (Phi) is 3.42. The van der Waals surface area contributed by atoms with Gasteiger partial charge in [0, 0.05) is 56.0 Å². The van der Waals surface area contributed by atoms with Gasteiger partial charge in [-0.2, -0.15) is 0 Å². The lowest BCUT2D eigenvalue weighted by molar-refractivity contribution is 0.313. The molecule has 0 amide bonds. The van der Waals surface area contributed by atoms with E-state index in [-0.39, 0.29) is 0 Å². The van der Waals surface area contributed by atoms with E-state index in [4.69, 9.17) is 0 Å². The number of hydrogen-bond acceptors (Lipinski definition) is 4. The molecule has 4 heteroatoms. The lowest BCUT2D eigenvalue weighted by atomic mass is 10.1. The van der Waals surface area contributed by atoms with Crippen LogP contribution in [0.2, 0.25) is 0 Å². The normalized spacial score (nSPS) is 16.6. The molecule has 1 aliphatic heterocycles. The Hall–Kier alpha value is -1.94. The smallest absolute Gasteiger partial charge is 0.0738 e. The fourth-order valence-electron chi connectivity index (χ4n) is 2.35. The van der Waals surface area contributed by atoms with Crippen LogP contribution in [0.15, 0.2) is 42.9 Å². The fraction of sp³-hybridized carbons (Fsp3) is 0.333. The molecule has 1 fully saturated rings. The summed E-state index contributed by atoms with van der Waals surface area (Å²) in [5.74, 6) is 0. The van der Waals surface area contributed by atoms with E-state index < -0.39 is 0 Å². The first-order valence-electron chi connectivity index (χ1n) is 6.63. The Morgan fingerprint density at radius 2 is 1.89 bits per heavy atom. The number of piperazine rings is 1. The number of likely N-dealkylation sites (N-methyl/N-ethyl adjacent to an activating group) is 1. The van der Waals surface area contributed by atoms with Crippen LogP contribution in [0, 0.1) is 0 Å². The van der Waals surface area contributed by atoms with Crippen LogP contribution in [0.25, 0.3) is 11.3 Å². The number of nitrogens with zero attached hydrogens (tertiary/aromatic N) is 4. The quantitative estimate of drug-likeness (QED) is 0.819. The van der Waals surface area contributed by atoms with Crippen molar-refractivity contribution in [3.8, 4) is 11.3 Å². The molecule has 19 heavy (non-hydrogen) atoms. The Labute approximate surface area is 113 Å². The highest BCUT2D eigenvalue weighted by Gasteiger charge is 2.14. The topological polar surface area (TPSA) is 32.3 Å². The maximum Gasteiger partial charge on any atom is 0.0738 e. The number of pyridine rings is 2. The molecule has 4 nitrogen and oxygen atoms in total. The van der Waals surface area contributed by atoms with Crippen molar-refractivity contribution in [1.29, 1.82) is 0 Å². The molecule has 0 N–H and O–H groups in total. The number of aromatic nitrogens is 2. The van der Waals surface area contributed by atoms with E-state index in [0.29, 0.717) is 0 Å². The van der Waals surface area contributed by atoms with Crippen LogP contribution in [-0.4, -0.2) is 48.1 Å². The number of anilines is 1. The van der Waals surface area contributed by atoms with Crippen LogP contribution in [0.1, 0.15) is 0 Å². The van der Waals surface area contributed by atoms with Gasteiger partial charge in [-0.05, 0) is 31.3 Å². The van der Waals surface area contributed by atoms with E-state index in [0.717, 1.165) is 37.4 Å². The van der Waals surface area contributed by atoms with E-state index in [1.807, 2.05) is 24.5 Å². The van der Waals surface area contributed by atoms with Crippen molar-refractivity contribution in [3.05, 3.63) is 42.9 Å². The van der Waals surface area contributed by atoms with E-state index in [2.05, 4.69) is 38.9 Å². The molecule has 0 unspecified atom stereocenters. The molecule has 0 radical (unpaired) electrons. The summed E-state index contributed by atoms with van der Waals surface area (Å²) in [6.45, 7) is 4.38. The monoisotopic (exact) mass is 254 g/mol. The third kappa shape index (κ3) is 2.74. The minimum absolute atomic E-state index is 0.990. The molecule has 3 heterocycles. The van der Waals surface area contributed by atoms with E-state index in [1.54, 1.807) is 6.20 Å². The van der Waals surface area contributed by atoms with Crippen molar-refractivity contribution in [3.63, 3.8) is 0 Å². The number of hydrogen-bond donors (Lipinski definition) is 0. The molecular formula is C15H18N4. The first-order valence-corrected chi connectivity index (χ1v) is 6.63. The first kappa shape index (κ1) is 12.1. The zero-order valence-corrected chi connectivity index (χ0v) is 11.2. The standard InChI is InChI=1S/C15H18N4/c1-18-7-9-19(10-8-18)14-4-6-17-15(11-14)13-3-2-5-16-12-13/h2-6,11-12H,7-10H2,1H3. The van der Waals surface area contributed by atoms with Gasteiger partial charge in [0.05, 0.1) is 5.69 Å². The highest BCUT2D eigenvalue weighted by molar-refractivity contribution is 5.63. The van der Waals surface area contributed by atoms with Gasteiger partial charge in [-0.1, -0.05) is 0 Å². The molecule has 2 aromatic rings. The molecule has 0 aromatic carbocycles. The minimum Gasteiger partial charge on any atom is -0.369 e. The summed E-state index contributed by atoms with van der Waals surface area (Å²) in [6, 6.07) is 8.23. The second-order valence-electron chi connectivity index (χ2n) is 4.93. The van der Waals surface area contributed by atoms with Gasteiger partial charge in [0.15, 0.2) is 0 Å². The first-order chi connectivity index (χ1) is 9.33. The van der Waals surface area contributed by atoms with Crippen LogP contribution in [0.4, 0.5) is 5.69 Å². The Morgan fingerprint density at radius 3 is 2.63 bits per heavy atom. The average molecular weight is 254 g/mol. The van der Waals surface area contributed by atoms with Crippen molar-refractivity contribution >= 4 is 5.69 Å². The maximum absolute atomic E-state index is 4.44. The zero-order valence-electron chi connectivity index (χ0n) is 11.2. The minimum atomic E-state index is 0.990. The average Bonchev–Trinajstić information content (AvgIpc) is 2.49. The summed E-state index contributed by atoms with van der Waals surface area (Å²) >= 11 is 0. The molecule has 0 bridgehead atoms. The van der Waals surface area contributed by atoms with Gasteiger partial charge in [0.1, 0.15) is 0 Å². The summed E-state index contributed by atoms with van der Waals surface area (Å²) in [4.78, 5) is 13.4. The van der Waals surface area contributed by atoms with Crippen molar-refractivity contribution in [1.82, 2.24) is 14.9 Å². The molecule has 98 valence electrons. The molecular weight excluding hydrogens is 236 g/mol. The predicted molar refractivity (Wildman–Crippen MR) is 77.2 cm³/mol. The summed E-state index contributed by atoms with van der Waals surface area (Å²) in [7, 11) is 2.17. The predicted octanol–water partition coefficient (Wildman–Crippen LogP) is 1.90. The van der Waals surface area contributed by atoms with E-state index >= 15 is 0 Å². The highest BCUT2D eigenvalue weighted by Crippen LogP contribution is 2.22. The van der Waals surface area contributed by atoms with Gasteiger partial charge in [-0.15, -0.1) is 0 Å². The van der Waals surface area contributed by atoms with Crippen LogP contribution < -0.4 is 4.90 Å². The van der Waals surface area contributed by atoms with Crippen molar-refractivity contribution in [2.75, 3.05) is 38.1 Å². The van der Waals surface area contributed by atoms with Gasteiger partial charge in [-0.25, -0.2) is 0 Å². The zero-order chi connectivity index (χ0) is 13.1. The van der Waals surface area contributed by atoms with Gasteiger partial charge < -0.3 is 9.80 Å². The third-order valence-electron chi connectivity index (χ3n) is 3.57. The second kappa shape index (κ2) is 5.36. The Bertz CT molecular complexity index is 533. The van der Waals surface area contributed by atoms with Gasteiger partial charge in [0.25, 0.3) is 0 Å². The number of rotatable bonds is 2. The fourth-order valence-corrected chi connectivity index (χ4v) is 2.35. The lowest BCUT2D eigenvalue weighted by Gasteiger charge is -2.34. The van der Waals surface area contributed by atoms with Gasteiger partial charge in [0.2, 0.25) is 0 Å². The van der Waals surface area contributed by atoms with Crippen LogP contribution in [-0.2, 0) is 0 Å². The molecule has 0 saturated carbocycles. The van der Waals surface area contributed by atoms with Crippen molar-refractivity contribution in [2.24, 2.45) is 0 Å². The van der Waals surface area contributed by atoms with Gasteiger partial charge >= 0.3 is 0 Å². The van der Waals surface area contributed by atoms with Crippen LogP contribution in [0.3, 0.4) is 0 Å². The van der Waals surface area contributed by atoms with Crippen molar-refractivity contribution < 1.29 is 0 Å². The molecule has 0 spiro atoms. The van der Waals surface area contributed by atoms with E-state index in [1.165, 1.54) is 5.69 Å². The maximum atomic E-state index is 4.44. The molecule has 3 rings (SSSR count). The van der Waals surface area contributed by atoms with Crippen LogP contribution in [0.5, 0.6) is 0 Å². The third-order valence-corrected chi connectivity index (χ3v) is 3.57. The molecule has 1 aliphatic rings. The molecule has 2 aromatic heterocycles. The lowest BCUT2D eigenvalue weighted by Crippen LogP contribution is -2.44. The SMILES string of the molecule is CN1CCN(c2ccnc(-c3cccnc3)c2)CC1. The summed E-state index contributed by atoms with van der Waals surface area (Å²) in [5, 5.41) is 0. The van der Waals surface area contributed by atoms with Crippen molar-refractivity contribution in [2.45, 2.75) is 0 Å². The largest absolute Gasteiger partial charge is 0.369 e. The van der Waals surface area contributed by atoms with Gasteiger partial charge in [-0.3, -0.25) is 9.97 Å². The van der Waals surface area contributed by atoms with Crippen LogP contribution >= 0.6 is 0 Å². The Morgan fingerprint density at radius 1 is 1.05 bits per heavy atom. The summed E-state index contributed by atoms with van der Waals surface area (Å²) in [5.41, 5.74) is 3.31.